The maximum atomic E-state index is 11.4. The van der Waals surface area contributed by atoms with Crippen LogP contribution in [0.25, 0.3) is 0 Å². The molecule has 3 N–H and O–H groups in total. The van der Waals surface area contributed by atoms with E-state index < -0.39 is 0 Å². The molecule has 0 saturated heterocycles. The summed E-state index contributed by atoms with van der Waals surface area (Å²) in [6, 6.07) is 3.41. The SMILES string of the molecule is CC(C)(N)CCC(=O)Nc1cccnn1. The van der Waals surface area contributed by atoms with Crippen LogP contribution >= 0.6 is 0 Å². The molecule has 0 saturated carbocycles. The van der Waals surface area contributed by atoms with Gasteiger partial charge in [0.05, 0.1) is 0 Å². The van der Waals surface area contributed by atoms with Crippen molar-refractivity contribution in [2.75, 3.05) is 5.32 Å². The Morgan fingerprint density at radius 3 is 2.87 bits per heavy atom. The zero-order valence-electron chi connectivity index (χ0n) is 9.03. The predicted molar refractivity (Wildman–Crippen MR) is 58.2 cm³/mol. The third kappa shape index (κ3) is 5.07. The van der Waals surface area contributed by atoms with Gasteiger partial charge in [0.15, 0.2) is 5.82 Å². The van der Waals surface area contributed by atoms with Crippen LogP contribution in [-0.4, -0.2) is 21.6 Å². The maximum Gasteiger partial charge on any atom is 0.225 e. The second kappa shape index (κ2) is 4.84. The van der Waals surface area contributed by atoms with Crippen LogP contribution < -0.4 is 11.1 Å². The summed E-state index contributed by atoms with van der Waals surface area (Å²) in [6.07, 6.45) is 2.58. The van der Waals surface area contributed by atoms with Crippen molar-refractivity contribution in [1.82, 2.24) is 10.2 Å². The van der Waals surface area contributed by atoms with E-state index >= 15 is 0 Å². The molecule has 5 heteroatoms. The Morgan fingerprint density at radius 2 is 2.33 bits per heavy atom. The van der Waals surface area contributed by atoms with Gasteiger partial charge in [-0.15, -0.1) is 5.10 Å². The summed E-state index contributed by atoms with van der Waals surface area (Å²) in [5.74, 6) is 0.381. The highest BCUT2D eigenvalue weighted by Crippen LogP contribution is 2.08. The van der Waals surface area contributed by atoms with Crippen molar-refractivity contribution >= 4 is 11.7 Å². The molecule has 1 amide bonds. The fourth-order valence-electron chi connectivity index (χ4n) is 1.01. The van der Waals surface area contributed by atoms with Gasteiger partial charge in [0.1, 0.15) is 0 Å². The van der Waals surface area contributed by atoms with Gasteiger partial charge >= 0.3 is 0 Å². The minimum absolute atomic E-state index is 0.0889. The predicted octanol–water partition coefficient (Wildman–Crippen LogP) is 0.933. The van der Waals surface area contributed by atoms with E-state index in [0.29, 0.717) is 18.7 Å². The smallest absolute Gasteiger partial charge is 0.225 e. The average molecular weight is 208 g/mol. The summed E-state index contributed by atoms with van der Waals surface area (Å²) in [4.78, 5) is 11.4. The summed E-state index contributed by atoms with van der Waals surface area (Å²) in [6.45, 7) is 3.78. The van der Waals surface area contributed by atoms with Gasteiger partial charge in [0.2, 0.25) is 5.91 Å². The van der Waals surface area contributed by atoms with Gasteiger partial charge in [-0.1, -0.05) is 0 Å². The first-order valence-electron chi connectivity index (χ1n) is 4.84. The number of rotatable bonds is 4. The highest BCUT2D eigenvalue weighted by atomic mass is 16.1. The third-order valence-corrected chi connectivity index (χ3v) is 1.84. The van der Waals surface area contributed by atoms with E-state index in [-0.39, 0.29) is 11.4 Å². The third-order valence-electron chi connectivity index (χ3n) is 1.84. The van der Waals surface area contributed by atoms with Crippen LogP contribution in [0.5, 0.6) is 0 Å². The van der Waals surface area contributed by atoms with Crippen molar-refractivity contribution in [2.45, 2.75) is 32.2 Å². The number of nitrogens with one attached hydrogen (secondary N) is 1. The molecular weight excluding hydrogens is 192 g/mol. The van der Waals surface area contributed by atoms with Gasteiger partial charge in [-0.2, -0.15) is 5.10 Å². The fraction of sp³-hybridized carbons (Fsp3) is 0.500. The summed E-state index contributed by atoms with van der Waals surface area (Å²) >= 11 is 0. The maximum absolute atomic E-state index is 11.4. The van der Waals surface area contributed by atoms with Crippen molar-refractivity contribution in [3.8, 4) is 0 Å². The number of carbonyl (C=O) groups is 1. The Morgan fingerprint density at radius 1 is 1.60 bits per heavy atom. The van der Waals surface area contributed by atoms with E-state index in [4.69, 9.17) is 5.73 Å². The molecule has 0 aliphatic heterocycles. The molecule has 0 aromatic carbocycles. The van der Waals surface area contributed by atoms with Crippen LogP contribution in [0.15, 0.2) is 18.3 Å². The van der Waals surface area contributed by atoms with E-state index in [1.807, 2.05) is 13.8 Å². The van der Waals surface area contributed by atoms with Gasteiger partial charge < -0.3 is 11.1 Å². The zero-order chi connectivity index (χ0) is 11.3. The second-order valence-electron chi connectivity index (χ2n) is 4.15. The van der Waals surface area contributed by atoms with Crippen molar-refractivity contribution in [3.05, 3.63) is 18.3 Å². The highest BCUT2D eigenvalue weighted by molar-refractivity contribution is 5.89. The largest absolute Gasteiger partial charge is 0.326 e. The molecule has 0 spiro atoms. The monoisotopic (exact) mass is 208 g/mol. The molecule has 1 aromatic rings. The van der Waals surface area contributed by atoms with Gasteiger partial charge in [0, 0.05) is 18.2 Å². The first-order chi connectivity index (χ1) is 6.97. The van der Waals surface area contributed by atoms with Crippen molar-refractivity contribution in [2.24, 2.45) is 5.73 Å². The Kier molecular flexibility index (Phi) is 3.74. The number of carbonyl (C=O) groups excluding carboxylic acids is 1. The lowest BCUT2D eigenvalue weighted by atomic mass is 10.00. The highest BCUT2D eigenvalue weighted by Gasteiger charge is 2.13. The van der Waals surface area contributed by atoms with Crippen LogP contribution in [0, 0.1) is 0 Å². The molecule has 0 atom stereocenters. The molecule has 0 aliphatic rings. The molecule has 1 aromatic heterocycles. The van der Waals surface area contributed by atoms with Crippen molar-refractivity contribution < 1.29 is 4.79 Å². The molecule has 15 heavy (non-hydrogen) atoms. The molecular formula is C10H16N4O. The second-order valence-corrected chi connectivity index (χ2v) is 4.15. The molecule has 0 radical (unpaired) electrons. The van der Waals surface area contributed by atoms with Gasteiger partial charge in [-0.3, -0.25) is 4.79 Å². The van der Waals surface area contributed by atoms with E-state index in [0.717, 1.165) is 0 Å². The lowest BCUT2D eigenvalue weighted by molar-refractivity contribution is -0.116. The van der Waals surface area contributed by atoms with Crippen molar-refractivity contribution in [3.63, 3.8) is 0 Å². The Balaban J connectivity index is 2.38. The molecule has 1 heterocycles. The van der Waals surface area contributed by atoms with Crippen LogP contribution in [0.2, 0.25) is 0 Å². The minimum Gasteiger partial charge on any atom is -0.326 e. The quantitative estimate of drug-likeness (QED) is 0.771. The van der Waals surface area contributed by atoms with Gasteiger partial charge in [-0.05, 0) is 32.4 Å². The molecule has 0 unspecified atom stereocenters. The summed E-state index contributed by atoms with van der Waals surface area (Å²) in [5, 5.41) is 10.1. The van der Waals surface area contributed by atoms with Crippen LogP contribution in [0.1, 0.15) is 26.7 Å². The number of nitrogens with two attached hydrogens (primary N) is 1. The topological polar surface area (TPSA) is 80.9 Å². The van der Waals surface area contributed by atoms with Gasteiger partial charge in [0.25, 0.3) is 0 Å². The Hall–Kier alpha value is -1.49. The molecule has 1 rings (SSSR count). The number of aromatic nitrogens is 2. The summed E-state index contributed by atoms with van der Waals surface area (Å²) < 4.78 is 0. The first-order valence-corrected chi connectivity index (χ1v) is 4.84. The molecule has 0 bridgehead atoms. The van der Waals surface area contributed by atoms with Crippen LogP contribution in [-0.2, 0) is 4.79 Å². The molecule has 82 valence electrons. The Bertz CT molecular complexity index is 318. The fourth-order valence-corrected chi connectivity index (χ4v) is 1.01. The summed E-state index contributed by atoms with van der Waals surface area (Å²) in [7, 11) is 0. The van der Waals surface area contributed by atoms with E-state index in [1.54, 1.807) is 18.3 Å². The normalized spacial score (nSPS) is 11.1. The summed E-state index contributed by atoms with van der Waals surface area (Å²) in [5.41, 5.74) is 5.45. The number of hydrogen-bond acceptors (Lipinski definition) is 4. The van der Waals surface area contributed by atoms with E-state index in [9.17, 15) is 4.79 Å². The van der Waals surface area contributed by atoms with Crippen LogP contribution in [0.3, 0.4) is 0 Å². The zero-order valence-corrected chi connectivity index (χ0v) is 9.03. The first kappa shape index (κ1) is 11.6. The number of nitrogens with zero attached hydrogens (tertiary/aromatic N) is 2. The number of amides is 1. The lowest BCUT2D eigenvalue weighted by Crippen LogP contribution is -2.33. The van der Waals surface area contributed by atoms with Crippen LogP contribution in [0.4, 0.5) is 5.82 Å². The average Bonchev–Trinajstić information content (AvgIpc) is 2.15. The van der Waals surface area contributed by atoms with Crippen molar-refractivity contribution in [1.29, 1.82) is 0 Å². The van der Waals surface area contributed by atoms with E-state index in [2.05, 4.69) is 15.5 Å². The van der Waals surface area contributed by atoms with E-state index in [1.165, 1.54) is 0 Å². The standard InChI is InChI=1S/C10H16N4O/c1-10(2,11)6-5-9(15)13-8-4-3-7-12-14-8/h3-4,7H,5-6,11H2,1-2H3,(H,13,14,15). The molecule has 0 aliphatic carbocycles. The Labute approximate surface area is 89.1 Å². The molecule has 0 fully saturated rings. The molecule has 5 nitrogen and oxygen atoms in total. The van der Waals surface area contributed by atoms with Gasteiger partial charge in [-0.25, -0.2) is 0 Å². The number of anilines is 1. The minimum atomic E-state index is -0.320. The lowest BCUT2D eigenvalue weighted by Gasteiger charge is -2.17. The number of hydrogen-bond donors (Lipinski definition) is 2.